The highest BCUT2D eigenvalue weighted by atomic mass is 15.0. The van der Waals surface area contributed by atoms with Gasteiger partial charge in [0.15, 0.2) is 11.4 Å². The van der Waals surface area contributed by atoms with Gasteiger partial charge in [0.1, 0.15) is 32.5 Å². The Labute approximate surface area is 708 Å². The molecule has 0 spiro atoms. The number of nitrogens with zero attached hydrogens (tertiary/aromatic N) is 7. The molecular formula is C111H134N7+5. The Morgan fingerprint density at radius 1 is 0.263 bits per heavy atom. The molecule has 0 N–H and O–H groups in total. The fourth-order valence-corrected chi connectivity index (χ4v) is 17.5. The number of pyridine rings is 7. The summed E-state index contributed by atoms with van der Waals surface area (Å²) in [6.45, 7) is 55.4. The highest BCUT2D eigenvalue weighted by Gasteiger charge is 2.26. The van der Waals surface area contributed by atoms with Crippen molar-refractivity contribution in [3.63, 3.8) is 0 Å². The lowest BCUT2D eigenvalue weighted by atomic mass is 9.95. The monoisotopic (exact) mass is 1570 g/mol. The predicted octanol–water partition coefficient (Wildman–Crippen LogP) is 25.9. The molecule has 7 heteroatoms. The first-order valence-corrected chi connectivity index (χ1v) is 43.1. The molecule has 0 fully saturated rings. The van der Waals surface area contributed by atoms with Crippen molar-refractivity contribution in [2.24, 2.45) is 53.0 Å². The van der Waals surface area contributed by atoms with E-state index in [1.54, 1.807) is 0 Å². The third-order valence-electron chi connectivity index (χ3n) is 24.5. The first kappa shape index (κ1) is 87.9. The van der Waals surface area contributed by atoms with Gasteiger partial charge in [0.25, 0.3) is 0 Å². The van der Waals surface area contributed by atoms with Crippen LogP contribution in [0.1, 0.15) is 193 Å². The fourth-order valence-electron chi connectivity index (χ4n) is 17.5. The van der Waals surface area contributed by atoms with Gasteiger partial charge >= 0.3 is 11.3 Å². The van der Waals surface area contributed by atoms with E-state index in [0.717, 1.165) is 36.3 Å². The number of aryl methyl sites for hydroxylation is 15. The zero-order valence-corrected chi connectivity index (χ0v) is 77.2. The van der Waals surface area contributed by atoms with Crippen molar-refractivity contribution < 1.29 is 22.8 Å². The summed E-state index contributed by atoms with van der Waals surface area (Å²) in [7, 11) is 10.8. The molecule has 608 valence electrons. The van der Waals surface area contributed by atoms with Gasteiger partial charge < -0.3 is 0 Å². The lowest BCUT2D eigenvalue weighted by Crippen LogP contribution is -2.33. The zero-order valence-electron chi connectivity index (χ0n) is 77.2. The number of hydrogen-bond donors (Lipinski definition) is 0. The molecule has 7 aromatic heterocycles. The van der Waals surface area contributed by atoms with E-state index in [-0.39, 0.29) is 0 Å². The van der Waals surface area contributed by atoms with Crippen LogP contribution in [0.4, 0.5) is 0 Å². The minimum atomic E-state index is 0.436. The Balaban J connectivity index is 0.000000145. The highest BCUT2D eigenvalue weighted by Crippen LogP contribution is 2.35. The predicted molar refractivity (Wildman–Crippen MR) is 503 cm³/mol. The van der Waals surface area contributed by atoms with Crippen molar-refractivity contribution in [1.82, 2.24) is 9.97 Å². The number of fused-ring (bicyclic) bond motifs is 5. The van der Waals surface area contributed by atoms with Gasteiger partial charge in [-0.05, 0) is 320 Å². The Bertz CT molecular complexity index is 5940. The molecule has 8 aromatic carbocycles. The van der Waals surface area contributed by atoms with Crippen LogP contribution < -0.4 is 22.8 Å². The van der Waals surface area contributed by atoms with Crippen LogP contribution in [0.25, 0.3) is 111 Å². The van der Waals surface area contributed by atoms with E-state index in [2.05, 4.69) is 431 Å². The van der Waals surface area contributed by atoms with Gasteiger partial charge in [0, 0.05) is 92.7 Å². The fraction of sp³-hybridized carbons (Fsp3) is 0.342. The van der Waals surface area contributed by atoms with Crippen LogP contribution in [0.5, 0.6) is 0 Å². The topological polar surface area (TPSA) is 45.2 Å². The van der Waals surface area contributed by atoms with Gasteiger partial charge in [0.2, 0.25) is 33.6 Å². The molecule has 118 heavy (non-hydrogen) atoms. The summed E-state index contributed by atoms with van der Waals surface area (Å²) in [4.78, 5) is 9.84. The second-order valence-corrected chi connectivity index (χ2v) is 36.1. The molecule has 0 aliphatic heterocycles. The summed E-state index contributed by atoms with van der Waals surface area (Å²) in [5, 5.41) is 6.48. The first-order valence-electron chi connectivity index (χ1n) is 43.1. The maximum absolute atomic E-state index is 4.94. The van der Waals surface area contributed by atoms with Crippen molar-refractivity contribution in [2.75, 3.05) is 0 Å². The summed E-state index contributed by atoms with van der Waals surface area (Å²) in [6.07, 6.45) is 3.27. The second-order valence-electron chi connectivity index (χ2n) is 36.1. The van der Waals surface area contributed by atoms with Crippen molar-refractivity contribution in [3.05, 3.63) is 312 Å². The summed E-state index contributed by atoms with van der Waals surface area (Å²) in [5.41, 5.74) is 45.6. The third kappa shape index (κ3) is 19.4. The van der Waals surface area contributed by atoms with Crippen LogP contribution in [0.3, 0.4) is 0 Å². The molecule has 7 heterocycles. The lowest BCUT2D eigenvalue weighted by molar-refractivity contribution is -0.635. The van der Waals surface area contributed by atoms with E-state index in [1.807, 2.05) is 0 Å². The van der Waals surface area contributed by atoms with E-state index >= 15 is 0 Å². The number of rotatable bonds is 13. The van der Waals surface area contributed by atoms with Crippen LogP contribution in [0.15, 0.2) is 200 Å². The van der Waals surface area contributed by atoms with Crippen LogP contribution >= 0.6 is 0 Å². The maximum atomic E-state index is 4.94. The van der Waals surface area contributed by atoms with Gasteiger partial charge in [-0.15, -0.1) is 0 Å². The molecule has 15 aromatic rings. The largest absolute Gasteiger partial charge is 0.330 e. The highest BCUT2D eigenvalue weighted by molar-refractivity contribution is 5.85. The quantitative estimate of drug-likeness (QED) is 0.108. The van der Waals surface area contributed by atoms with Crippen LogP contribution in [0, 0.1) is 122 Å². The minimum absolute atomic E-state index is 0.436. The standard InChI is InChI=1S/2C23H28N.C22H27N2.C22H26N.C21H25N2/c2*1-15(2)12-19-8-7-9-22-20(19)10-11-23(24(22)6)21-14-16(3)13-17(4)18(21)5;1-14(2)11-19-9-7-18-8-10-21(24(6)22(18)23-19)20-13-15(3)12-16(4)17(20)5;1-14(2)18-8-7-9-21-19(18)10-11-22(23(21)6)20-13-15(3)12-16(4)17(20)5;1-13(2)19-9-7-17-8-10-20(23(6)21(17)22-19)18-12-14(3)11-15(4)16(18)5/h2*7-11,13-15H,12H2,1-6H3;7-10,12-14H,11H2,1-6H3;7-14H,1-6H3;7-13H,1-6H3/q5*+1. The van der Waals surface area contributed by atoms with Gasteiger partial charge in [-0.3, -0.25) is 0 Å². The number of benzene rings is 8. The van der Waals surface area contributed by atoms with E-state index in [0.29, 0.717) is 29.6 Å². The summed E-state index contributed by atoms with van der Waals surface area (Å²) >= 11 is 0. The molecular weight excluding hydrogens is 1430 g/mol. The zero-order chi connectivity index (χ0) is 85.7. The molecule has 0 aliphatic carbocycles. The molecule has 0 aliphatic rings. The molecule has 0 atom stereocenters. The van der Waals surface area contributed by atoms with Gasteiger partial charge in [0.05, 0.1) is 24.9 Å². The van der Waals surface area contributed by atoms with E-state index in [9.17, 15) is 0 Å². The molecule has 0 bridgehead atoms. The number of aromatic nitrogens is 7. The van der Waals surface area contributed by atoms with E-state index in [4.69, 9.17) is 9.97 Å². The van der Waals surface area contributed by atoms with Crippen LogP contribution in [-0.2, 0) is 54.5 Å². The van der Waals surface area contributed by atoms with Crippen molar-refractivity contribution >= 4 is 54.8 Å². The third-order valence-corrected chi connectivity index (χ3v) is 24.5. The van der Waals surface area contributed by atoms with Gasteiger partial charge in [-0.25, -0.2) is 9.13 Å². The van der Waals surface area contributed by atoms with E-state index < -0.39 is 0 Å². The normalized spacial score (nSPS) is 11.4. The van der Waals surface area contributed by atoms with Gasteiger partial charge in [-0.1, -0.05) is 164 Å². The van der Waals surface area contributed by atoms with E-state index in [1.165, 1.54) is 206 Å². The van der Waals surface area contributed by atoms with Crippen molar-refractivity contribution in [1.29, 1.82) is 0 Å². The smallest absolute Gasteiger partial charge is 0.226 e. The lowest BCUT2D eigenvalue weighted by Gasteiger charge is -2.12. The van der Waals surface area contributed by atoms with Crippen molar-refractivity contribution in [2.45, 2.75) is 204 Å². The Hall–Kier alpha value is -10.9. The van der Waals surface area contributed by atoms with Gasteiger partial charge in [-0.2, -0.15) is 13.7 Å². The molecule has 0 saturated carbocycles. The molecule has 0 radical (unpaired) electrons. The molecule has 0 unspecified atom stereocenters. The molecule has 0 saturated heterocycles. The second kappa shape index (κ2) is 37.4. The Kier molecular flexibility index (Phi) is 27.9. The first-order chi connectivity index (χ1) is 55.9. The Morgan fingerprint density at radius 3 is 0.881 bits per heavy atom. The maximum Gasteiger partial charge on any atom is 0.330 e. The SMILES string of the molecule is Cc1cc(C)c(C)c(-c2ccc3c(C(C)C)cccc3[n+]2C)c1.Cc1cc(C)c(C)c(-c2ccc3c(CC(C)C)cccc3[n+]2C)c1.Cc1cc(C)c(C)c(-c2ccc3c(CC(C)C)cccc3[n+]2C)c1.Cc1cc(C)c(C)c(-c2ccc3ccc(C(C)C)nc3[n+]2C)c1.Cc1cc(C)c(C)c(-c2ccc3ccc(CC(C)C)nc3[n+]2C)c1. The summed E-state index contributed by atoms with van der Waals surface area (Å²) < 4.78 is 11.5. The average molecular weight is 1570 g/mol. The Morgan fingerprint density at radius 2 is 0.551 bits per heavy atom. The molecule has 15 rings (SSSR count). The minimum Gasteiger partial charge on any atom is -0.226 e. The van der Waals surface area contributed by atoms with Crippen LogP contribution in [-0.4, -0.2) is 9.97 Å². The average Bonchev–Trinajstić information content (AvgIpc) is 0.803. The summed E-state index contributed by atoms with van der Waals surface area (Å²) in [6, 6.07) is 74.0. The molecule has 7 nitrogen and oxygen atoms in total. The summed E-state index contributed by atoms with van der Waals surface area (Å²) in [5.74, 6) is 2.92. The van der Waals surface area contributed by atoms with Crippen LogP contribution in [0.2, 0.25) is 0 Å². The molecule has 0 amide bonds. The van der Waals surface area contributed by atoms with Crippen molar-refractivity contribution in [3.8, 4) is 56.3 Å². The number of hydrogen-bond acceptors (Lipinski definition) is 2.